The van der Waals surface area contributed by atoms with Crippen LogP contribution in [0, 0.1) is 11.7 Å². The Morgan fingerprint density at radius 1 is 1.00 bits per heavy atom. The highest BCUT2D eigenvalue weighted by atomic mass is 19.1. The summed E-state index contributed by atoms with van der Waals surface area (Å²) in [6.45, 7) is 5.07. The van der Waals surface area contributed by atoms with Crippen molar-refractivity contribution in [1.29, 1.82) is 0 Å². The van der Waals surface area contributed by atoms with Crippen molar-refractivity contribution in [3.63, 3.8) is 0 Å². The topological polar surface area (TPSA) is 67.7 Å². The van der Waals surface area contributed by atoms with Crippen molar-refractivity contribution in [3.05, 3.63) is 66.1 Å². The Morgan fingerprint density at radius 2 is 1.74 bits per heavy atom. The molecule has 0 atom stereocenters. The summed E-state index contributed by atoms with van der Waals surface area (Å²) in [5, 5.41) is 4.41. The van der Waals surface area contributed by atoms with Crippen molar-refractivity contribution in [2.75, 3.05) is 37.7 Å². The first kappa shape index (κ1) is 23.1. The molecule has 0 radical (unpaired) electrons. The average molecular weight is 477 g/mol. The van der Waals surface area contributed by atoms with E-state index < -0.39 is 5.97 Å². The quantitative estimate of drug-likeness (QED) is 0.496. The number of hydrogen-bond acceptors (Lipinski definition) is 5. The molecule has 0 unspecified atom stereocenters. The van der Waals surface area contributed by atoms with Crippen molar-refractivity contribution in [1.82, 2.24) is 14.7 Å². The van der Waals surface area contributed by atoms with Crippen molar-refractivity contribution < 1.29 is 18.7 Å². The average Bonchev–Trinajstić information content (AvgIpc) is 3.29. The predicted octanol–water partition coefficient (Wildman–Crippen LogP) is 4.30. The summed E-state index contributed by atoms with van der Waals surface area (Å²) >= 11 is 0. The summed E-state index contributed by atoms with van der Waals surface area (Å²) in [5.74, 6) is -0.348. The summed E-state index contributed by atoms with van der Waals surface area (Å²) in [6.07, 6.45) is 3.23. The third-order valence-electron chi connectivity index (χ3n) is 6.82. The fourth-order valence-electron chi connectivity index (χ4n) is 4.64. The van der Waals surface area contributed by atoms with Gasteiger partial charge in [-0.1, -0.05) is 24.6 Å². The molecule has 0 N–H and O–H groups in total. The zero-order valence-corrected chi connectivity index (χ0v) is 19.8. The van der Waals surface area contributed by atoms with E-state index >= 15 is 0 Å². The first-order valence-electron chi connectivity index (χ1n) is 12.2. The number of benzene rings is 2. The molecule has 2 aliphatic rings. The molecule has 2 aromatic carbocycles. The van der Waals surface area contributed by atoms with Gasteiger partial charge < -0.3 is 14.5 Å². The van der Waals surface area contributed by atoms with Crippen LogP contribution in [0.1, 0.15) is 36.7 Å². The van der Waals surface area contributed by atoms with Crippen LogP contribution in [0.4, 0.5) is 10.1 Å². The van der Waals surface area contributed by atoms with E-state index in [1.807, 2.05) is 29.2 Å². The molecule has 182 valence electrons. The number of anilines is 1. The number of carbonyl (C=O) groups is 2. The summed E-state index contributed by atoms with van der Waals surface area (Å²) in [6, 6.07) is 15.8. The minimum Gasteiger partial charge on any atom is -0.461 e. The highest BCUT2D eigenvalue weighted by Gasteiger charge is 2.31. The Morgan fingerprint density at radius 3 is 2.37 bits per heavy atom. The molecule has 1 saturated heterocycles. The van der Waals surface area contributed by atoms with Crippen LogP contribution in [0.15, 0.2) is 54.6 Å². The monoisotopic (exact) mass is 476 g/mol. The number of esters is 1. The summed E-state index contributed by atoms with van der Waals surface area (Å²) in [4.78, 5) is 29.1. The van der Waals surface area contributed by atoms with E-state index in [0.29, 0.717) is 17.3 Å². The Labute approximate surface area is 204 Å². The van der Waals surface area contributed by atoms with Gasteiger partial charge in [0.05, 0.1) is 18.0 Å². The third-order valence-corrected chi connectivity index (χ3v) is 6.82. The number of carbonyl (C=O) groups excluding carboxylic acids is 2. The van der Waals surface area contributed by atoms with Gasteiger partial charge >= 0.3 is 5.97 Å². The van der Waals surface area contributed by atoms with Crippen molar-refractivity contribution in [2.24, 2.45) is 5.92 Å². The number of amides is 1. The second-order valence-corrected chi connectivity index (χ2v) is 9.01. The van der Waals surface area contributed by atoms with E-state index in [0.717, 1.165) is 50.3 Å². The Bertz CT molecular complexity index is 1210. The van der Waals surface area contributed by atoms with Crippen LogP contribution in [-0.4, -0.2) is 59.3 Å². The summed E-state index contributed by atoms with van der Waals surface area (Å²) in [7, 11) is 0. The molecule has 2 fully saturated rings. The van der Waals surface area contributed by atoms with Gasteiger partial charge in [-0.25, -0.2) is 13.9 Å². The lowest BCUT2D eigenvalue weighted by molar-refractivity contribution is -0.138. The van der Waals surface area contributed by atoms with Gasteiger partial charge in [-0.05, 0) is 56.2 Å². The highest BCUT2D eigenvalue weighted by molar-refractivity contribution is 5.89. The minimum absolute atomic E-state index is 0.169. The minimum atomic E-state index is -0.519. The zero-order valence-electron chi connectivity index (χ0n) is 19.8. The number of nitrogens with zero attached hydrogens (tertiary/aromatic N) is 4. The molecule has 0 bridgehead atoms. The molecule has 8 heteroatoms. The summed E-state index contributed by atoms with van der Waals surface area (Å²) < 4.78 is 20.6. The first-order valence-corrected chi connectivity index (χ1v) is 12.2. The lowest BCUT2D eigenvalue weighted by Gasteiger charge is -2.39. The van der Waals surface area contributed by atoms with Gasteiger partial charge in [-0.3, -0.25) is 4.79 Å². The second-order valence-electron chi connectivity index (χ2n) is 9.01. The molecule has 35 heavy (non-hydrogen) atoms. The van der Waals surface area contributed by atoms with Gasteiger partial charge in [0.25, 0.3) is 0 Å². The third kappa shape index (κ3) is 4.78. The molecule has 5 rings (SSSR count). The van der Waals surface area contributed by atoms with Gasteiger partial charge in [0.2, 0.25) is 5.91 Å². The molecular formula is C27H29FN4O3. The Balaban J connectivity index is 1.36. The number of ether oxygens (including phenoxy) is 1. The second kappa shape index (κ2) is 9.90. The molecule has 2 heterocycles. The molecule has 1 aromatic heterocycles. The number of aromatic nitrogens is 2. The Hall–Kier alpha value is -3.68. The highest BCUT2D eigenvalue weighted by Crippen LogP contribution is 2.30. The molecular weight excluding hydrogens is 447 g/mol. The summed E-state index contributed by atoms with van der Waals surface area (Å²) in [5.41, 5.74) is 3.28. The maximum atomic E-state index is 13.9. The SMILES string of the molecule is CCOC(=O)c1cc(-c2ccc(N3CCN(C(=O)C4CCC4)CC3)cc2)n(-c2cccc(F)c2)n1. The van der Waals surface area contributed by atoms with Crippen LogP contribution < -0.4 is 4.90 Å². The number of rotatable bonds is 6. The van der Waals surface area contributed by atoms with Crippen molar-refractivity contribution in [2.45, 2.75) is 26.2 Å². The van der Waals surface area contributed by atoms with Crippen LogP contribution in [0.3, 0.4) is 0 Å². The standard InChI is InChI=1S/C27H29FN4O3/c1-2-35-27(34)24-18-25(32(29-24)23-8-4-7-21(28)17-23)19-9-11-22(12-10-19)30-13-15-31(16-14-30)26(33)20-5-3-6-20/h4,7-12,17-18,20H,2-3,5-6,13-16H2,1H3. The maximum Gasteiger partial charge on any atom is 0.358 e. The van der Waals surface area contributed by atoms with Gasteiger partial charge in [0.15, 0.2) is 5.69 Å². The van der Waals surface area contributed by atoms with Crippen LogP contribution in [0.2, 0.25) is 0 Å². The van der Waals surface area contributed by atoms with E-state index in [1.165, 1.54) is 18.6 Å². The molecule has 7 nitrogen and oxygen atoms in total. The molecule has 3 aromatic rings. The largest absolute Gasteiger partial charge is 0.461 e. The van der Waals surface area contributed by atoms with Gasteiger partial charge in [0.1, 0.15) is 5.82 Å². The molecule has 1 saturated carbocycles. The van der Waals surface area contributed by atoms with Crippen LogP contribution >= 0.6 is 0 Å². The number of halogens is 1. The number of piperazine rings is 1. The maximum absolute atomic E-state index is 13.9. The van der Waals surface area contributed by atoms with Crippen LogP contribution in [0.5, 0.6) is 0 Å². The fraction of sp³-hybridized carbons (Fsp3) is 0.370. The van der Waals surface area contributed by atoms with E-state index in [1.54, 1.807) is 29.8 Å². The molecule has 1 aliphatic heterocycles. The molecule has 0 spiro atoms. The van der Waals surface area contributed by atoms with E-state index in [2.05, 4.69) is 10.00 Å². The normalized spacial score (nSPS) is 16.2. The van der Waals surface area contributed by atoms with Gasteiger partial charge in [0, 0.05) is 43.3 Å². The smallest absolute Gasteiger partial charge is 0.358 e. The zero-order chi connectivity index (χ0) is 24.4. The van der Waals surface area contributed by atoms with Crippen molar-refractivity contribution in [3.8, 4) is 16.9 Å². The van der Waals surface area contributed by atoms with E-state index in [4.69, 9.17) is 4.74 Å². The number of hydrogen-bond donors (Lipinski definition) is 0. The van der Waals surface area contributed by atoms with E-state index in [-0.39, 0.29) is 24.0 Å². The Kier molecular flexibility index (Phi) is 6.53. The predicted molar refractivity (Wildman–Crippen MR) is 131 cm³/mol. The molecule has 1 amide bonds. The lowest BCUT2D eigenvalue weighted by atomic mass is 9.84. The molecule has 1 aliphatic carbocycles. The van der Waals surface area contributed by atoms with E-state index in [9.17, 15) is 14.0 Å². The van der Waals surface area contributed by atoms with Crippen molar-refractivity contribution >= 4 is 17.6 Å². The fourth-order valence-corrected chi connectivity index (χ4v) is 4.64. The first-order chi connectivity index (χ1) is 17.0. The van der Waals surface area contributed by atoms with Crippen LogP contribution in [0.25, 0.3) is 16.9 Å². The van der Waals surface area contributed by atoms with Gasteiger partial charge in [-0.2, -0.15) is 5.10 Å². The van der Waals surface area contributed by atoms with Gasteiger partial charge in [-0.15, -0.1) is 0 Å². The lowest BCUT2D eigenvalue weighted by Crippen LogP contribution is -2.51. The van der Waals surface area contributed by atoms with Crippen LogP contribution in [-0.2, 0) is 9.53 Å².